The fourth-order valence-electron chi connectivity index (χ4n) is 4.28. The van der Waals surface area contributed by atoms with Crippen molar-refractivity contribution in [2.24, 2.45) is 0 Å². The number of rotatable bonds is 25. The van der Waals surface area contributed by atoms with E-state index in [0.717, 1.165) is 51.5 Å². The average Bonchev–Trinajstić information content (AvgIpc) is 3.33. The molecule has 1 heterocycles. The molecular formula is C28H55NO2S. The maximum absolute atomic E-state index is 6.10. The number of nitrogens with zero attached hydrogens (tertiary/aromatic N) is 1. The smallest absolute Gasteiger partial charge is 0.0675 e. The van der Waals surface area contributed by atoms with Crippen LogP contribution in [0.5, 0.6) is 0 Å². The molecular weight excluding hydrogens is 414 g/mol. The van der Waals surface area contributed by atoms with Gasteiger partial charge in [-0.1, -0.05) is 97.3 Å². The minimum absolute atomic E-state index is 0.453. The number of unbranched alkanes of at least 4 members (excludes halogenated alkanes) is 13. The zero-order chi connectivity index (χ0) is 23.0. The largest absolute Gasteiger partial charge is 0.381 e. The van der Waals surface area contributed by atoms with Crippen LogP contribution in [0.2, 0.25) is 0 Å². The standard InChI is InChI=1S/C28H55NO2S/c1-3-5-6-7-8-9-10-11-12-13-14-15-16-20-28(4-2)31-25-19-24-30-23-18-17-21-29-22-26-32-27-29/h22,26,28H,3-21,23-25,27H2,1-2H3. The molecule has 0 saturated carbocycles. The van der Waals surface area contributed by atoms with E-state index < -0.39 is 0 Å². The molecule has 0 aromatic rings. The Labute approximate surface area is 205 Å². The van der Waals surface area contributed by atoms with Crippen molar-refractivity contribution in [2.45, 2.75) is 136 Å². The van der Waals surface area contributed by atoms with Crippen molar-refractivity contribution < 1.29 is 9.47 Å². The third-order valence-electron chi connectivity index (χ3n) is 6.46. The predicted octanol–water partition coefficient (Wildman–Crippen LogP) is 8.93. The third kappa shape index (κ3) is 19.3. The van der Waals surface area contributed by atoms with E-state index in [1.54, 1.807) is 0 Å². The summed E-state index contributed by atoms with van der Waals surface area (Å²) >= 11 is 1.88. The van der Waals surface area contributed by atoms with Crippen molar-refractivity contribution >= 4 is 11.8 Å². The monoisotopic (exact) mass is 469 g/mol. The lowest BCUT2D eigenvalue weighted by Crippen LogP contribution is -2.15. The summed E-state index contributed by atoms with van der Waals surface area (Å²) < 4.78 is 11.9. The second kappa shape index (κ2) is 24.0. The second-order valence-electron chi connectivity index (χ2n) is 9.50. The first-order valence-corrected chi connectivity index (χ1v) is 15.1. The Morgan fingerprint density at radius 3 is 1.94 bits per heavy atom. The van der Waals surface area contributed by atoms with E-state index in [1.807, 2.05) is 11.8 Å². The van der Waals surface area contributed by atoms with Crippen LogP contribution in [0.25, 0.3) is 0 Å². The van der Waals surface area contributed by atoms with Crippen LogP contribution in [0.15, 0.2) is 11.6 Å². The Hall–Kier alpha value is -0.190. The first kappa shape index (κ1) is 29.8. The molecule has 1 aliphatic heterocycles. The van der Waals surface area contributed by atoms with E-state index in [9.17, 15) is 0 Å². The first-order valence-electron chi connectivity index (χ1n) is 14.1. The van der Waals surface area contributed by atoms with Crippen LogP contribution in [0.1, 0.15) is 129 Å². The van der Waals surface area contributed by atoms with E-state index in [-0.39, 0.29) is 0 Å². The van der Waals surface area contributed by atoms with Crippen LogP contribution in [-0.2, 0) is 9.47 Å². The number of hydrogen-bond acceptors (Lipinski definition) is 4. The summed E-state index contributed by atoms with van der Waals surface area (Å²) in [7, 11) is 0. The van der Waals surface area contributed by atoms with Gasteiger partial charge < -0.3 is 14.4 Å². The van der Waals surface area contributed by atoms with Gasteiger partial charge in [0.25, 0.3) is 0 Å². The topological polar surface area (TPSA) is 21.7 Å². The molecule has 32 heavy (non-hydrogen) atoms. The van der Waals surface area contributed by atoms with Crippen LogP contribution < -0.4 is 0 Å². The molecule has 190 valence electrons. The maximum atomic E-state index is 6.10. The molecule has 0 fully saturated rings. The highest BCUT2D eigenvalue weighted by atomic mass is 32.2. The van der Waals surface area contributed by atoms with E-state index in [4.69, 9.17) is 9.47 Å². The highest BCUT2D eigenvalue weighted by molar-refractivity contribution is 8.02. The van der Waals surface area contributed by atoms with Crippen molar-refractivity contribution in [3.63, 3.8) is 0 Å². The van der Waals surface area contributed by atoms with Crippen molar-refractivity contribution in [2.75, 3.05) is 32.2 Å². The zero-order valence-electron chi connectivity index (χ0n) is 21.7. The van der Waals surface area contributed by atoms with Gasteiger partial charge in [-0.05, 0) is 37.5 Å². The van der Waals surface area contributed by atoms with Crippen LogP contribution in [0, 0.1) is 0 Å². The summed E-state index contributed by atoms with van der Waals surface area (Å²) in [6.45, 7) is 8.30. The van der Waals surface area contributed by atoms with Gasteiger partial charge in [0.15, 0.2) is 0 Å². The minimum atomic E-state index is 0.453. The average molecular weight is 470 g/mol. The van der Waals surface area contributed by atoms with E-state index in [0.29, 0.717) is 6.10 Å². The molecule has 0 amide bonds. The highest BCUT2D eigenvalue weighted by Gasteiger charge is 2.06. The molecule has 1 aliphatic rings. The Bertz CT molecular complexity index is 405. The normalized spacial score (nSPS) is 14.5. The molecule has 0 aliphatic carbocycles. The molecule has 0 aromatic heterocycles. The summed E-state index contributed by atoms with van der Waals surface area (Å²) in [6, 6.07) is 0. The molecule has 1 atom stereocenters. The minimum Gasteiger partial charge on any atom is -0.381 e. The second-order valence-corrected chi connectivity index (χ2v) is 10.4. The van der Waals surface area contributed by atoms with Crippen LogP contribution in [0.4, 0.5) is 0 Å². The summed E-state index contributed by atoms with van der Waals surface area (Å²) in [6.07, 6.45) is 26.9. The van der Waals surface area contributed by atoms with Gasteiger partial charge >= 0.3 is 0 Å². The van der Waals surface area contributed by atoms with Crippen molar-refractivity contribution in [3.8, 4) is 0 Å². The van der Waals surface area contributed by atoms with E-state index >= 15 is 0 Å². The Morgan fingerprint density at radius 2 is 1.34 bits per heavy atom. The van der Waals surface area contributed by atoms with Crippen LogP contribution >= 0.6 is 11.8 Å². The SMILES string of the molecule is CCCCCCCCCCCCCCCC(CC)OCCCOCCCCN1C=CSC1. The van der Waals surface area contributed by atoms with Crippen molar-refractivity contribution in [1.29, 1.82) is 0 Å². The molecule has 3 nitrogen and oxygen atoms in total. The fourth-order valence-corrected chi connectivity index (χ4v) is 5.03. The first-order chi connectivity index (χ1) is 15.9. The lowest BCUT2D eigenvalue weighted by atomic mass is 10.0. The molecule has 1 rings (SSSR count). The highest BCUT2D eigenvalue weighted by Crippen LogP contribution is 2.16. The molecule has 0 N–H and O–H groups in total. The molecule has 0 saturated heterocycles. The number of thioether (sulfide) groups is 1. The molecule has 0 aromatic carbocycles. The van der Waals surface area contributed by atoms with Gasteiger partial charge in [-0.3, -0.25) is 0 Å². The molecule has 4 heteroatoms. The van der Waals surface area contributed by atoms with Gasteiger partial charge in [0, 0.05) is 32.6 Å². The number of hydrogen-bond donors (Lipinski definition) is 0. The van der Waals surface area contributed by atoms with E-state index in [2.05, 4.69) is 30.4 Å². The summed E-state index contributed by atoms with van der Waals surface area (Å²) in [5, 5.41) is 2.18. The van der Waals surface area contributed by atoms with Gasteiger partial charge in [0.2, 0.25) is 0 Å². The fraction of sp³-hybridized carbons (Fsp3) is 0.929. The summed E-state index contributed by atoms with van der Waals surface area (Å²) in [5.41, 5.74) is 0. The van der Waals surface area contributed by atoms with E-state index in [1.165, 1.54) is 96.3 Å². The maximum Gasteiger partial charge on any atom is 0.0675 e. The summed E-state index contributed by atoms with van der Waals surface area (Å²) in [4.78, 5) is 2.38. The summed E-state index contributed by atoms with van der Waals surface area (Å²) in [5.74, 6) is 1.12. The van der Waals surface area contributed by atoms with Gasteiger partial charge in [-0.25, -0.2) is 0 Å². The Balaban J connectivity index is 1.76. The van der Waals surface area contributed by atoms with Gasteiger partial charge in [-0.15, -0.1) is 11.8 Å². The van der Waals surface area contributed by atoms with Gasteiger partial charge in [0.05, 0.1) is 12.0 Å². The van der Waals surface area contributed by atoms with Crippen LogP contribution in [0.3, 0.4) is 0 Å². The van der Waals surface area contributed by atoms with Gasteiger partial charge in [0.1, 0.15) is 0 Å². The van der Waals surface area contributed by atoms with Crippen LogP contribution in [-0.4, -0.2) is 43.2 Å². The predicted molar refractivity (Wildman–Crippen MR) is 143 cm³/mol. The molecule has 0 radical (unpaired) electrons. The lowest BCUT2D eigenvalue weighted by molar-refractivity contribution is 0.0251. The zero-order valence-corrected chi connectivity index (χ0v) is 22.5. The number of ether oxygens (including phenoxy) is 2. The van der Waals surface area contributed by atoms with Gasteiger partial charge in [-0.2, -0.15) is 0 Å². The third-order valence-corrected chi connectivity index (χ3v) is 7.26. The lowest BCUT2D eigenvalue weighted by Gasteiger charge is -2.16. The van der Waals surface area contributed by atoms with Crippen molar-refractivity contribution in [3.05, 3.63) is 11.6 Å². The quantitative estimate of drug-likeness (QED) is 0.124. The molecule has 0 bridgehead atoms. The molecule has 0 spiro atoms. The Morgan fingerprint density at radius 1 is 0.719 bits per heavy atom. The van der Waals surface area contributed by atoms with Crippen molar-refractivity contribution in [1.82, 2.24) is 4.90 Å². The Kier molecular flexibility index (Phi) is 22.3. The molecule has 1 unspecified atom stereocenters.